The fourth-order valence-electron chi connectivity index (χ4n) is 1.54. The molecule has 0 saturated carbocycles. The minimum absolute atomic E-state index is 0.166. The van der Waals surface area contributed by atoms with E-state index in [2.05, 4.69) is 15.1 Å². The van der Waals surface area contributed by atoms with Crippen molar-refractivity contribution < 1.29 is 50.6 Å². The molecule has 0 unspecified atom stereocenters. The summed E-state index contributed by atoms with van der Waals surface area (Å²) in [4.78, 5) is 8.97. The lowest BCUT2D eigenvalue weighted by atomic mass is 10.2. The number of aromatic hydroxyl groups is 4. The van der Waals surface area contributed by atoms with Gasteiger partial charge in [0.15, 0.2) is 23.5 Å². The Balaban J connectivity index is 2.82. The summed E-state index contributed by atoms with van der Waals surface area (Å²) in [7, 11) is 1.48. The van der Waals surface area contributed by atoms with Crippen molar-refractivity contribution in [3.8, 4) is 28.7 Å². The molecule has 9 N–H and O–H groups in total. The number of hydrogen-bond donors (Lipinski definition) is 9. The quantitative estimate of drug-likeness (QED) is 0.0847. The fraction of sp³-hybridized carbons (Fsp3) is 0.200. The van der Waals surface area contributed by atoms with Gasteiger partial charge in [-0.3, -0.25) is 9.78 Å². The maximum absolute atomic E-state index is 9.64. The van der Waals surface area contributed by atoms with Crippen molar-refractivity contribution in [3.05, 3.63) is 41.1 Å². The van der Waals surface area contributed by atoms with Crippen molar-refractivity contribution in [3.63, 3.8) is 0 Å². The first kappa shape index (κ1) is 20.3. The van der Waals surface area contributed by atoms with E-state index < -0.39 is 58.2 Å². The molecule has 26 heavy (non-hydrogen) atoms. The molecule has 0 spiro atoms. The normalized spacial score (nSPS) is 13.5. The van der Waals surface area contributed by atoms with Crippen LogP contribution in [0.5, 0.6) is 28.7 Å². The second-order valence-corrected chi connectivity index (χ2v) is 4.92. The topological polar surface area (TPSA) is 192 Å². The average Bonchev–Trinajstić information content (AvgIpc) is 2.61. The minimum atomic E-state index is -1.05. The number of allylic oxidation sites excluding steroid dienone is 1. The molecule has 1 aromatic rings. The number of nitrogens with one attached hydrogen (secondary N) is 1. The lowest BCUT2D eigenvalue weighted by Crippen LogP contribution is -2.08. The van der Waals surface area contributed by atoms with Crippen molar-refractivity contribution in [1.82, 2.24) is 5.32 Å². The zero-order valence-corrected chi connectivity index (χ0v) is 13.8. The van der Waals surface area contributed by atoms with E-state index >= 15 is 0 Å². The molecule has 0 aromatic heterocycles. The van der Waals surface area contributed by atoms with Crippen LogP contribution in [-0.4, -0.2) is 47.9 Å². The van der Waals surface area contributed by atoms with Gasteiger partial charge in [0.25, 0.3) is 0 Å². The Morgan fingerprint density at radius 2 is 1.62 bits per heavy atom. The van der Waals surface area contributed by atoms with Crippen LogP contribution in [-0.2, 0) is 4.89 Å². The summed E-state index contributed by atoms with van der Waals surface area (Å²) in [6, 6.07) is 0.724. The van der Waals surface area contributed by atoms with E-state index in [4.69, 9.17) is 0 Å². The number of rotatable bonds is 7. The first-order valence-corrected chi connectivity index (χ1v) is 6.97. The fourth-order valence-corrected chi connectivity index (χ4v) is 1.54. The van der Waals surface area contributed by atoms with Crippen LogP contribution in [0.2, 0.25) is 0 Å². The summed E-state index contributed by atoms with van der Waals surface area (Å²) in [5.74, 6) is -7.29. The maximum atomic E-state index is 9.64. The van der Waals surface area contributed by atoms with E-state index in [1.54, 1.807) is 0 Å². The Labute approximate surface area is 147 Å². The van der Waals surface area contributed by atoms with E-state index in [-0.39, 0.29) is 5.70 Å². The van der Waals surface area contributed by atoms with Crippen LogP contribution in [0.25, 0.3) is 0 Å². The molecule has 1 aromatic carbocycles. The van der Waals surface area contributed by atoms with Crippen LogP contribution < -0.4 is 10.2 Å². The summed E-state index contributed by atoms with van der Waals surface area (Å²) in [6.07, 6.45) is -0.0795. The molecule has 0 saturated heterocycles. The molecule has 0 heterocycles. The van der Waals surface area contributed by atoms with Crippen LogP contribution >= 0.6 is 0 Å². The van der Waals surface area contributed by atoms with E-state index in [0.29, 0.717) is 6.26 Å². The van der Waals surface area contributed by atoms with E-state index in [0.717, 1.165) is 6.07 Å². The van der Waals surface area contributed by atoms with Crippen LogP contribution in [0.3, 0.4) is 0 Å². The van der Waals surface area contributed by atoms with Crippen LogP contribution in [0.15, 0.2) is 41.1 Å². The molecule has 144 valence electrons. The molecule has 0 aliphatic heterocycles. The largest absolute Gasteiger partial charge is 0.508 e. The summed E-state index contributed by atoms with van der Waals surface area (Å²) in [6.45, 7) is 1.43. The summed E-state index contributed by atoms with van der Waals surface area (Å²) < 4.78 is 0. The summed E-state index contributed by atoms with van der Waals surface area (Å²) >= 11 is 0. The Kier molecular flexibility index (Phi) is 6.53. The Hall–Kier alpha value is -3.76. The number of hydrogen-bond acceptors (Lipinski definition) is 11. The van der Waals surface area contributed by atoms with E-state index in [1.807, 2.05) is 0 Å². The second kappa shape index (κ2) is 8.37. The molecule has 1 rings (SSSR count). The van der Waals surface area contributed by atoms with Gasteiger partial charge in [-0.1, -0.05) is 0 Å². The lowest BCUT2D eigenvalue weighted by Gasteiger charge is -2.09. The third-order valence-electron chi connectivity index (χ3n) is 3.09. The highest BCUT2D eigenvalue weighted by atomic mass is 17.2. The van der Waals surface area contributed by atoms with Crippen molar-refractivity contribution in [2.24, 2.45) is 0 Å². The predicted octanol–water partition coefficient (Wildman–Crippen LogP) is 1.95. The molecule has 0 atom stereocenters. The van der Waals surface area contributed by atoms with Gasteiger partial charge < -0.3 is 46.2 Å². The Bertz CT molecular complexity index is 766. The summed E-state index contributed by atoms with van der Waals surface area (Å²) in [5, 5.41) is 78.3. The highest BCUT2D eigenvalue weighted by Gasteiger charge is 2.18. The van der Waals surface area contributed by atoms with Gasteiger partial charge in [0.2, 0.25) is 23.0 Å². The predicted molar refractivity (Wildman–Crippen MR) is 86.8 cm³/mol. The summed E-state index contributed by atoms with van der Waals surface area (Å²) in [5.41, 5.74) is 0.166. The first-order valence-electron chi connectivity index (χ1n) is 6.97. The van der Waals surface area contributed by atoms with Crippen molar-refractivity contribution in [2.75, 3.05) is 7.05 Å². The maximum Gasteiger partial charge on any atom is 0.228 e. The number of aliphatic hydroxyl groups excluding tert-OH is 4. The van der Waals surface area contributed by atoms with Gasteiger partial charge >= 0.3 is 0 Å². The number of aliphatic hydroxyl groups is 4. The standard InChI is InChI=1S/C15H19NO10/c1-6(16-2)11(20)12(21)8(18)3-7(17)5-25-26-10-4-9(19)13(22)15(24)14(10)23/h4-5,16-24H,3H2,1-2H3/b7-5+,11-6-,12-8-. The van der Waals surface area contributed by atoms with E-state index in [1.165, 1.54) is 14.0 Å². The Morgan fingerprint density at radius 1 is 1.00 bits per heavy atom. The van der Waals surface area contributed by atoms with Crippen LogP contribution in [0.1, 0.15) is 13.3 Å². The van der Waals surface area contributed by atoms with Crippen LogP contribution in [0, 0.1) is 0 Å². The number of benzene rings is 1. The molecular formula is C15H19NO10. The van der Waals surface area contributed by atoms with Gasteiger partial charge in [-0.2, -0.15) is 0 Å². The molecular weight excluding hydrogens is 354 g/mol. The lowest BCUT2D eigenvalue weighted by molar-refractivity contribution is -0.153. The zero-order chi connectivity index (χ0) is 20.0. The smallest absolute Gasteiger partial charge is 0.228 e. The van der Waals surface area contributed by atoms with Gasteiger partial charge in [0.05, 0.1) is 12.1 Å². The molecule has 11 nitrogen and oxygen atoms in total. The Morgan fingerprint density at radius 3 is 2.19 bits per heavy atom. The van der Waals surface area contributed by atoms with E-state index in [9.17, 15) is 40.9 Å². The van der Waals surface area contributed by atoms with Crippen molar-refractivity contribution >= 4 is 0 Å². The van der Waals surface area contributed by atoms with Crippen molar-refractivity contribution in [1.29, 1.82) is 0 Å². The van der Waals surface area contributed by atoms with Gasteiger partial charge in [-0.05, 0) is 6.92 Å². The van der Waals surface area contributed by atoms with Crippen molar-refractivity contribution in [2.45, 2.75) is 13.3 Å². The molecule has 0 aliphatic carbocycles. The second-order valence-electron chi connectivity index (χ2n) is 4.92. The molecule has 0 radical (unpaired) electrons. The van der Waals surface area contributed by atoms with Crippen LogP contribution in [0.4, 0.5) is 0 Å². The molecule has 0 aliphatic rings. The molecule has 0 fully saturated rings. The van der Waals surface area contributed by atoms with Gasteiger partial charge in [0.1, 0.15) is 11.5 Å². The minimum Gasteiger partial charge on any atom is -0.508 e. The third kappa shape index (κ3) is 4.63. The highest BCUT2D eigenvalue weighted by Crippen LogP contribution is 2.47. The zero-order valence-electron chi connectivity index (χ0n) is 13.8. The SMILES string of the molecule is CN/C(C)=C(O)/C(O)=C(/O)C/C(O)=C\OOc1cc(O)c(O)c(O)c1O. The van der Waals surface area contributed by atoms with Gasteiger partial charge in [0, 0.05) is 13.1 Å². The monoisotopic (exact) mass is 373 g/mol. The third-order valence-corrected chi connectivity index (χ3v) is 3.09. The molecule has 0 bridgehead atoms. The van der Waals surface area contributed by atoms with Gasteiger partial charge in [-0.25, -0.2) is 0 Å². The highest BCUT2D eigenvalue weighted by molar-refractivity contribution is 5.62. The first-order chi connectivity index (χ1) is 12.1. The molecule has 11 heteroatoms. The van der Waals surface area contributed by atoms with Gasteiger partial charge in [-0.15, -0.1) is 0 Å². The average molecular weight is 373 g/mol. The molecule has 0 amide bonds. The number of phenolic OH excluding ortho intramolecular Hbond substituents is 4. The number of phenols is 4.